The first-order valence-corrected chi connectivity index (χ1v) is 10.4. The smallest absolute Gasteiger partial charge is 0.272 e. The summed E-state index contributed by atoms with van der Waals surface area (Å²) >= 11 is 0. The molecule has 0 bridgehead atoms. The number of para-hydroxylation sites is 1. The van der Waals surface area contributed by atoms with Crippen LogP contribution in [0.2, 0.25) is 0 Å². The van der Waals surface area contributed by atoms with E-state index in [2.05, 4.69) is 10.4 Å². The number of carbonyl (C=O) groups is 1. The number of aromatic nitrogens is 2. The van der Waals surface area contributed by atoms with E-state index in [0.29, 0.717) is 17.1 Å². The summed E-state index contributed by atoms with van der Waals surface area (Å²) in [6.07, 6.45) is 1.79. The molecular weight excluding hydrogens is 436 g/mol. The second-order valence-corrected chi connectivity index (χ2v) is 7.35. The fourth-order valence-electron chi connectivity index (χ4n) is 3.47. The molecule has 0 aliphatic carbocycles. The number of rotatable bonds is 8. The number of methoxy groups -OCH3 is 2. The van der Waals surface area contributed by atoms with Gasteiger partial charge in [0.2, 0.25) is 0 Å². The van der Waals surface area contributed by atoms with Gasteiger partial charge < -0.3 is 14.8 Å². The average molecular weight is 458 g/mol. The van der Waals surface area contributed by atoms with Crippen molar-refractivity contribution in [3.63, 3.8) is 0 Å². The summed E-state index contributed by atoms with van der Waals surface area (Å²) in [5, 5.41) is 18.2. The molecule has 0 radical (unpaired) electrons. The van der Waals surface area contributed by atoms with Crippen LogP contribution in [0.3, 0.4) is 0 Å². The molecule has 0 unspecified atom stereocenters. The number of hydrogen-bond donors (Lipinski definition) is 1. The Bertz CT molecular complexity index is 1320. The average Bonchev–Trinajstić information content (AvgIpc) is 3.33. The van der Waals surface area contributed by atoms with Crippen LogP contribution >= 0.6 is 0 Å². The number of hydrogen-bond acceptors (Lipinski definition) is 6. The Morgan fingerprint density at radius 2 is 1.71 bits per heavy atom. The molecule has 0 spiro atoms. The zero-order valence-corrected chi connectivity index (χ0v) is 18.6. The highest BCUT2D eigenvalue weighted by atomic mass is 16.6. The van der Waals surface area contributed by atoms with Crippen LogP contribution in [0.4, 0.5) is 5.69 Å². The Hall–Kier alpha value is -4.66. The van der Waals surface area contributed by atoms with E-state index in [1.165, 1.54) is 12.1 Å². The van der Waals surface area contributed by atoms with Crippen molar-refractivity contribution in [2.45, 2.75) is 6.54 Å². The Kier molecular flexibility index (Phi) is 6.54. The Balaban J connectivity index is 1.67. The quantitative estimate of drug-likeness (QED) is 0.310. The van der Waals surface area contributed by atoms with Crippen molar-refractivity contribution < 1.29 is 19.2 Å². The molecule has 0 aliphatic heterocycles. The fraction of sp³-hybridized carbons (Fsp3) is 0.120. The third-order valence-corrected chi connectivity index (χ3v) is 5.24. The number of carbonyl (C=O) groups excluding carboxylic acids is 1. The summed E-state index contributed by atoms with van der Waals surface area (Å²) in [7, 11) is 3.11. The second-order valence-electron chi connectivity index (χ2n) is 7.35. The molecule has 172 valence electrons. The van der Waals surface area contributed by atoms with E-state index in [-0.39, 0.29) is 23.8 Å². The Morgan fingerprint density at radius 1 is 1.00 bits per heavy atom. The molecule has 9 heteroatoms. The summed E-state index contributed by atoms with van der Waals surface area (Å²) in [4.78, 5) is 23.5. The maximum absolute atomic E-state index is 13.2. The number of benzene rings is 3. The molecule has 3 aromatic carbocycles. The molecule has 4 aromatic rings. The number of amides is 1. The van der Waals surface area contributed by atoms with E-state index >= 15 is 0 Å². The van der Waals surface area contributed by atoms with E-state index in [1.54, 1.807) is 49.4 Å². The Labute approximate surface area is 195 Å². The first kappa shape index (κ1) is 22.5. The molecule has 0 fully saturated rings. The van der Waals surface area contributed by atoms with E-state index in [4.69, 9.17) is 9.47 Å². The van der Waals surface area contributed by atoms with Crippen LogP contribution in [0.25, 0.3) is 16.8 Å². The topological polar surface area (TPSA) is 109 Å². The van der Waals surface area contributed by atoms with Crippen LogP contribution in [0.15, 0.2) is 79.0 Å². The second kappa shape index (κ2) is 9.86. The molecular formula is C25H22N4O5. The lowest BCUT2D eigenvalue weighted by Gasteiger charge is -2.10. The van der Waals surface area contributed by atoms with E-state index in [9.17, 15) is 14.9 Å². The lowest BCUT2D eigenvalue weighted by Crippen LogP contribution is -2.24. The third kappa shape index (κ3) is 4.73. The normalized spacial score (nSPS) is 10.5. The van der Waals surface area contributed by atoms with Crippen LogP contribution in [0.1, 0.15) is 16.1 Å². The fourth-order valence-corrected chi connectivity index (χ4v) is 3.47. The number of non-ortho nitro benzene ring substituents is 1. The largest absolute Gasteiger partial charge is 0.493 e. The maximum Gasteiger partial charge on any atom is 0.272 e. The van der Waals surface area contributed by atoms with Gasteiger partial charge in [-0.25, -0.2) is 4.68 Å². The van der Waals surface area contributed by atoms with Crippen LogP contribution in [-0.2, 0) is 6.54 Å². The summed E-state index contributed by atoms with van der Waals surface area (Å²) in [5.41, 5.74) is 3.12. The van der Waals surface area contributed by atoms with E-state index in [0.717, 1.165) is 16.8 Å². The van der Waals surface area contributed by atoms with E-state index in [1.807, 2.05) is 36.4 Å². The van der Waals surface area contributed by atoms with Crippen molar-refractivity contribution in [3.8, 4) is 28.3 Å². The molecule has 9 nitrogen and oxygen atoms in total. The van der Waals surface area contributed by atoms with Gasteiger partial charge in [0.05, 0.1) is 24.8 Å². The SMILES string of the molecule is COc1ccc(-c2cn(-c3ccccc3)nc2C(=O)NCc2ccc([N+](=O)[O-])cc2)cc1OC. The predicted octanol–water partition coefficient (Wildman–Crippen LogP) is 4.39. The summed E-state index contributed by atoms with van der Waals surface area (Å²) in [5.74, 6) is 0.730. The van der Waals surface area contributed by atoms with Gasteiger partial charge in [0.25, 0.3) is 11.6 Å². The Morgan fingerprint density at radius 3 is 2.35 bits per heavy atom. The molecule has 0 atom stereocenters. The number of nitro benzene ring substituents is 1. The van der Waals surface area contributed by atoms with Crippen molar-refractivity contribution in [1.29, 1.82) is 0 Å². The zero-order valence-electron chi connectivity index (χ0n) is 18.6. The summed E-state index contributed by atoms with van der Waals surface area (Å²) < 4.78 is 12.4. The minimum absolute atomic E-state index is 0.00702. The summed E-state index contributed by atoms with van der Waals surface area (Å²) in [6, 6.07) is 20.9. The number of nitro groups is 1. The zero-order chi connectivity index (χ0) is 24.1. The van der Waals surface area contributed by atoms with E-state index < -0.39 is 4.92 Å². The van der Waals surface area contributed by atoms with Crippen molar-refractivity contribution in [2.75, 3.05) is 14.2 Å². The lowest BCUT2D eigenvalue weighted by atomic mass is 10.1. The van der Waals surface area contributed by atoms with Gasteiger partial charge >= 0.3 is 0 Å². The monoisotopic (exact) mass is 458 g/mol. The summed E-state index contributed by atoms with van der Waals surface area (Å²) in [6.45, 7) is 0.195. The van der Waals surface area contributed by atoms with Crippen LogP contribution in [0, 0.1) is 10.1 Å². The first-order valence-electron chi connectivity index (χ1n) is 10.4. The first-order chi connectivity index (χ1) is 16.5. The molecule has 1 aromatic heterocycles. The minimum Gasteiger partial charge on any atom is -0.493 e. The standard InChI is InChI=1S/C25H22N4O5/c1-33-22-13-10-18(14-23(22)34-2)21-16-28(19-6-4-3-5-7-19)27-24(21)25(30)26-15-17-8-11-20(12-9-17)29(31)32/h3-14,16H,15H2,1-2H3,(H,26,30). The molecule has 0 saturated carbocycles. The predicted molar refractivity (Wildman–Crippen MR) is 126 cm³/mol. The maximum atomic E-state index is 13.2. The van der Waals surface area contributed by atoms with Gasteiger partial charge in [0, 0.05) is 30.4 Å². The molecule has 1 heterocycles. The number of nitrogens with one attached hydrogen (secondary N) is 1. The highest BCUT2D eigenvalue weighted by Gasteiger charge is 2.20. The molecule has 1 amide bonds. The van der Waals surface area contributed by atoms with Gasteiger partial charge in [0.1, 0.15) is 0 Å². The van der Waals surface area contributed by atoms with Crippen molar-refractivity contribution in [2.24, 2.45) is 0 Å². The molecule has 34 heavy (non-hydrogen) atoms. The van der Waals surface area contributed by atoms with Gasteiger partial charge in [-0.05, 0) is 35.4 Å². The van der Waals surface area contributed by atoms with Crippen molar-refractivity contribution in [3.05, 3.63) is 100 Å². The third-order valence-electron chi connectivity index (χ3n) is 5.24. The van der Waals surface area contributed by atoms with Gasteiger partial charge in [-0.15, -0.1) is 0 Å². The van der Waals surface area contributed by atoms with Crippen LogP contribution < -0.4 is 14.8 Å². The molecule has 1 N–H and O–H groups in total. The minimum atomic E-state index is -0.464. The van der Waals surface area contributed by atoms with Crippen molar-refractivity contribution in [1.82, 2.24) is 15.1 Å². The lowest BCUT2D eigenvalue weighted by molar-refractivity contribution is -0.384. The van der Waals surface area contributed by atoms with Crippen molar-refractivity contribution >= 4 is 11.6 Å². The van der Waals surface area contributed by atoms with Crippen LogP contribution in [-0.4, -0.2) is 34.8 Å². The number of nitrogens with zero attached hydrogens (tertiary/aromatic N) is 3. The highest BCUT2D eigenvalue weighted by molar-refractivity contribution is 5.99. The molecule has 4 rings (SSSR count). The number of ether oxygens (including phenoxy) is 2. The highest BCUT2D eigenvalue weighted by Crippen LogP contribution is 2.34. The van der Waals surface area contributed by atoms with Gasteiger partial charge in [0.15, 0.2) is 17.2 Å². The van der Waals surface area contributed by atoms with Crippen LogP contribution in [0.5, 0.6) is 11.5 Å². The molecule has 0 aliphatic rings. The van der Waals surface area contributed by atoms with Gasteiger partial charge in [-0.2, -0.15) is 5.10 Å². The molecule has 0 saturated heterocycles. The van der Waals surface area contributed by atoms with Gasteiger partial charge in [-0.3, -0.25) is 14.9 Å². The van der Waals surface area contributed by atoms with Gasteiger partial charge in [-0.1, -0.05) is 36.4 Å².